The number of nitrogens with zero attached hydrogens (tertiary/aromatic N) is 1. The van der Waals surface area contributed by atoms with E-state index in [9.17, 15) is 21.6 Å². The van der Waals surface area contributed by atoms with Gasteiger partial charge in [0.05, 0.1) is 16.6 Å². The number of halogens is 1. The number of sulfone groups is 1. The number of amides is 1. The van der Waals surface area contributed by atoms with Crippen LogP contribution >= 0.6 is 11.6 Å². The Labute approximate surface area is 159 Å². The van der Waals surface area contributed by atoms with Crippen LogP contribution in [0.5, 0.6) is 0 Å². The molecule has 1 heterocycles. The highest BCUT2D eigenvalue weighted by Crippen LogP contribution is 2.24. The van der Waals surface area contributed by atoms with Gasteiger partial charge in [0.2, 0.25) is 15.9 Å². The summed E-state index contributed by atoms with van der Waals surface area (Å²) in [6, 6.07) is 5.90. The van der Waals surface area contributed by atoms with Crippen LogP contribution in [0.3, 0.4) is 0 Å². The second-order valence-corrected chi connectivity index (χ2v) is 11.0. The van der Waals surface area contributed by atoms with E-state index in [-0.39, 0.29) is 35.4 Å². The predicted octanol–water partition coefficient (Wildman–Crippen LogP) is 1.29. The highest BCUT2D eigenvalue weighted by atomic mass is 35.5. The number of piperidine rings is 1. The van der Waals surface area contributed by atoms with Gasteiger partial charge in [0.1, 0.15) is 0 Å². The highest BCUT2D eigenvalue weighted by Gasteiger charge is 2.33. The molecule has 1 atom stereocenters. The van der Waals surface area contributed by atoms with Crippen LogP contribution < -0.4 is 5.32 Å². The van der Waals surface area contributed by atoms with Crippen LogP contribution in [0, 0.1) is 5.92 Å². The Morgan fingerprint density at radius 3 is 2.50 bits per heavy atom. The fraction of sp³-hybridized carbons (Fsp3) is 0.562. The topological polar surface area (TPSA) is 101 Å². The monoisotopic (exact) mass is 422 g/mol. The summed E-state index contributed by atoms with van der Waals surface area (Å²) in [4.78, 5) is 12.4. The molecule has 1 aliphatic heterocycles. The number of carbonyl (C=O) groups excluding carboxylic acids is 1. The van der Waals surface area contributed by atoms with Crippen LogP contribution in [-0.2, 0) is 24.7 Å². The molecule has 1 fully saturated rings. The van der Waals surface area contributed by atoms with Gasteiger partial charge in [0.25, 0.3) is 0 Å². The molecule has 0 spiro atoms. The first-order chi connectivity index (χ1) is 12.2. The minimum Gasteiger partial charge on any atom is -0.355 e. The third-order valence-electron chi connectivity index (χ3n) is 4.36. The molecule has 1 N–H and O–H groups in total. The predicted molar refractivity (Wildman–Crippen MR) is 100 cm³/mol. The average Bonchev–Trinajstić information content (AvgIpc) is 2.62. The quantitative estimate of drug-likeness (QED) is 0.713. The van der Waals surface area contributed by atoms with Gasteiger partial charge in [0.15, 0.2) is 9.84 Å². The molecular formula is C16H23ClN2O5S2. The van der Waals surface area contributed by atoms with Crippen LogP contribution in [0.1, 0.15) is 19.8 Å². The van der Waals surface area contributed by atoms with Gasteiger partial charge in [0, 0.05) is 30.4 Å². The minimum atomic E-state index is -3.69. The molecule has 1 aromatic carbocycles. The number of sulfonamides is 1. The van der Waals surface area contributed by atoms with Crippen molar-refractivity contribution < 1.29 is 21.6 Å². The number of carbonyl (C=O) groups is 1. The van der Waals surface area contributed by atoms with Crippen molar-refractivity contribution in [3.05, 3.63) is 29.3 Å². The molecule has 0 saturated carbocycles. The van der Waals surface area contributed by atoms with E-state index >= 15 is 0 Å². The van der Waals surface area contributed by atoms with E-state index in [0.717, 1.165) is 0 Å². The van der Waals surface area contributed by atoms with E-state index in [2.05, 4.69) is 5.32 Å². The fourth-order valence-electron chi connectivity index (χ4n) is 2.75. The molecule has 0 bridgehead atoms. The molecule has 0 radical (unpaired) electrons. The highest BCUT2D eigenvalue weighted by molar-refractivity contribution is 7.91. The molecule has 1 unspecified atom stereocenters. The molecule has 7 nitrogen and oxygen atoms in total. The second-order valence-electron chi connectivity index (χ2n) is 6.18. The summed E-state index contributed by atoms with van der Waals surface area (Å²) >= 11 is 5.80. The SMILES string of the molecule is CCS(=O)(=O)CCNC(=O)C1CCCN(S(=O)(=O)c2ccc(Cl)cc2)C1. The van der Waals surface area contributed by atoms with Crippen molar-refractivity contribution in [2.75, 3.05) is 31.1 Å². The normalized spacial score (nSPS) is 19.2. The summed E-state index contributed by atoms with van der Waals surface area (Å²) in [6.45, 7) is 2.02. The Bertz CT molecular complexity index is 838. The molecule has 1 aliphatic rings. The van der Waals surface area contributed by atoms with E-state index in [0.29, 0.717) is 24.4 Å². The standard InChI is InChI=1S/C16H23ClN2O5S2/c1-2-25(21,22)11-9-18-16(20)13-4-3-10-19(12-13)26(23,24)15-7-5-14(17)6-8-15/h5-8,13H,2-4,9-12H2,1H3,(H,18,20). The molecule has 26 heavy (non-hydrogen) atoms. The molecular weight excluding hydrogens is 400 g/mol. The minimum absolute atomic E-state index is 0.0272. The van der Waals surface area contributed by atoms with E-state index < -0.39 is 25.8 Å². The van der Waals surface area contributed by atoms with Crippen molar-refractivity contribution in [3.8, 4) is 0 Å². The molecule has 2 rings (SSSR count). The van der Waals surface area contributed by atoms with Crippen LogP contribution in [0.2, 0.25) is 5.02 Å². The Morgan fingerprint density at radius 1 is 1.23 bits per heavy atom. The van der Waals surface area contributed by atoms with Gasteiger partial charge in [-0.15, -0.1) is 0 Å². The Balaban J connectivity index is 1.99. The molecule has 1 amide bonds. The average molecular weight is 423 g/mol. The Kier molecular flexibility index (Phi) is 7.06. The second kappa shape index (κ2) is 8.69. The number of hydrogen-bond donors (Lipinski definition) is 1. The van der Waals surface area contributed by atoms with E-state index in [4.69, 9.17) is 11.6 Å². The maximum absolute atomic E-state index is 12.7. The van der Waals surface area contributed by atoms with Crippen molar-refractivity contribution in [2.45, 2.75) is 24.7 Å². The lowest BCUT2D eigenvalue weighted by Gasteiger charge is -2.31. The van der Waals surface area contributed by atoms with E-state index in [1.165, 1.54) is 28.6 Å². The van der Waals surface area contributed by atoms with Crippen molar-refractivity contribution in [3.63, 3.8) is 0 Å². The summed E-state index contributed by atoms with van der Waals surface area (Å²) in [5.41, 5.74) is 0. The lowest BCUT2D eigenvalue weighted by molar-refractivity contribution is -0.125. The number of benzene rings is 1. The van der Waals surface area contributed by atoms with Crippen LogP contribution in [0.15, 0.2) is 29.2 Å². The van der Waals surface area contributed by atoms with Crippen molar-refractivity contribution in [1.82, 2.24) is 9.62 Å². The molecule has 10 heteroatoms. The van der Waals surface area contributed by atoms with Gasteiger partial charge in [-0.1, -0.05) is 18.5 Å². The third kappa shape index (κ3) is 5.42. The van der Waals surface area contributed by atoms with Crippen molar-refractivity contribution in [2.24, 2.45) is 5.92 Å². The van der Waals surface area contributed by atoms with Gasteiger partial charge in [-0.2, -0.15) is 4.31 Å². The van der Waals surface area contributed by atoms with Crippen molar-refractivity contribution >= 4 is 37.4 Å². The summed E-state index contributed by atoms with van der Waals surface area (Å²) < 4.78 is 49.7. The van der Waals surface area contributed by atoms with Crippen LogP contribution in [0.4, 0.5) is 0 Å². The molecule has 0 aromatic heterocycles. The smallest absolute Gasteiger partial charge is 0.243 e. The maximum Gasteiger partial charge on any atom is 0.243 e. The van der Waals surface area contributed by atoms with E-state index in [1.54, 1.807) is 6.92 Å². The first-order valence-electron chi connectivity index (χ1n) is 8.39. The zero-order chi connectivity index (χ0) is 19.4. The van der Waals surface area contributed by atoms with E-state index in [1.807, 2.05) is 0 Å². The lowest BCUT2D eigenvalue weighted by atomic mass is 9.99. The van der Waals surface area contributed by atoms with Crippen molar-refractivity contribution in [1.29, 1.82) is 0 Å². The van der Waals surface area contributed by atoms with Crippen LogP contribution in [0.25, 0.3) is 0 Å². The maximum atomic E-state index is 12.7. The summed E-state index contributed by atoms with van der Waals surface area (Å²) in [5, 5.41) is 3.05. The van der Waals surface area contributed by atoms with Gasteiger partial charge in [-0.3, -0.25) is 4.79 Å². The molecule has 1 saturated heterocycles. The summed E-state index contributed by atoms with van der Waals surface area (Å²) in [5.74, 6) is -0.892. The van der Waals surface area contributed by atoms with Gasteiger partial charge < -0.3 is 5.32 Å². The summed E-state index contributed by atoms with van der Waals surface area (Å²) in [6.07, 6.45) is 1.14. The largest absolute Gasteiger partial charge is 0.355 e. The van der Waals surface area contributed by atoms with Gasteiger partial charge >= 0.3 is 0 Å². The third-order valence-corrected chi connectivity index (χ3v) is 8.20. The first kappa shape index (κ1) is 21.1. The first-order valence-corrected chi connectivity index (χ1v) is 12.0. The lowest BCUT2D eigenvalue weighted by Crippen LogP contribution is -2.46. The zero-order valence-electron chi connectivity index (χ0n) is 14.5. The van der Waals surface area contributed by atoms with Crippen LogP contribution in [-0.4, -0.2) is 58.2 Å². The molecule has 146 valence electrons. The Hall–Kier alpha value is -1.16. The summed E-state index contributed by atoms with van der Waals surface area (Å²) in [7, 11) is -6.85. The van der Waals surface area contributed by atoms with Gasteiger partial charge in [-0.05, 0) is 37.1 Å². The number of hydrogen-bond acceptors (Lipinski definition) is 5. The molecule has 0 aliphatic carbocycles. The number of rotatable bonds is 7. The molecule has 1 aromatic rings. The fourth-order valence-corrected chi connectivity index (χ4v) is 5.10. The van der Waals surface area contributed by atoms with Gasteiger partial charge in [-0.25, -0.2) is 16.8 Å². The number of nitrogens with one attached hydrogen (secondary N) is 1. The Morgan fingerprint density at radius 2 is 1.88 bits per heavy atom. The zero-order valence-corrected chi connectivity index (χ0v) is 16.9.